The first kappa shape index (κ1) is 18.4. The number of para-hydroxylation sites is 1. The van der Waals surface area contributed by atoms with E-state index in [1.165, 1.54) is 6.07 Å². The Labute approximate surface area is 170 Å². The van der Waals surface area contributed by atoms with Gasteiger partial charge >= 0.3 is 11.6 Å². The number of carbonyl (C=O) groups excluding carboxylic acids is 1. The third-order valence-electron chi connectivity index (χ3n) is 5.12. The normalized spacial score (nSPS) is 16.2. The highest BCUT2D eigenvalue weighted by molar-refractivity contribution is 5.96. The number of fused-ring (bicyclic) bond motifs is 2. The highest BCUT2D eigenvalue weighted by atomic mass is 16.6. The van der Waals surface area contributed by atoms with E-state index >= 15 is 0 Å². The zero-order valence-electron chi connectivity index (χ0n) is 16.2. The predicted octanol–water partition coefficient (Wildman–Crippen LogP) is 4.30. The first-order valence-corrected chi connectivity index (χ1v) is 9.60. The summed E-state index contributed by atoms with van der Waals surface area (Å²) in [7, 11) is 1.57. The van der Waals surface area contributed by atoms with Crippen LogP contribution in [0, 0.1) is 0 Å². The minimum atomic E-state index is -0.545. The lowest BCUT2D eigenvalue weighted by Crippen LogP contribution is -2.24. The highest BCUT2D eigenvalue weighted by Gasteiger charge is 2.26. The summed E-state index contributed by atoms with van der Waals surface area (Å²) in [5, 5.41) is 1.43. The second-order valence-corrected chi connectivity index (χ2v) is 7.05. The predicted molar refractivity (Wildman–Crippen MR) is 109 cm³/mol. The molecule has 0 bridgehead atoms. The second kappa shape index (κ2) is 7.35. The van der Waals surface area contributed by atoms with E-state index in [9.17, 15) is 9.59 Å². The number of methoxy groups -OCH3 is 1. The SMILES string of the molecule is COc1cccc2cc(-c3cc(=O)oc4ccc(OC(=O)C5CCCO5)cc34)oc12. The lowest BCUT2D eigenvalue weighted by atomic mass is 10.1. The smallest absolute Gasteiger partial charge is 0.340 e. The molecule has 7 heteroatoms. The van der Waals surface area contributed by atoms with Crippen molar-refractivity contribution in [2.24, 2.45) is 0 Å². The maximum Gasteiger partial charge on any atom is 0.340 e. The molecule has 30 heavy (non-hydrogen) atoms. The summed E-state index contributed by atoms with van der Waals surface area (Å²) in [5.41, 5.74) is 0.975. The Morgan fingerprint density at radius 2 is 2.00 bits per heavy atom. The van der Waals surface area contributed by atoms with Gasteiger partial charge in [-0.25, -0.2) is 9.59 Å². The average Bonchev–Trinajstić information content (AvgIpc) is 3.43. The van der Waals surface area contributed by atoms with Crippen LogP contribution in [0.2, 0.25) is 0 Å². The van der Waals surface area contributed by atoms with Crippen molar-refractivity contribution in [2.45, 2.75) is 18.9 Å². The molecular formula is C23H18O7. The second-order valence-electron chi connectivity index (χ2n) is 7.05. The average molecular weight is 406 g/mol. The largest absolute Gasteiger partial charge is 0.493 e. The fraction of sp³-hybridized carbons (Fsp3) is 0.217. The van der Waals surface area contributed by atoms with Crippen molar-refractivity contribution >= 4 is 27.9 Å². The van der Waals surface area contributed by atoms with E-state index in [1.807, 2.05) is 18.2 Å². The maximum absolute atomic E-state index is 12.3. The van der Waals surface area contributed by atoms with Crippen molar-refractivity contribution < 1.29 is 27.8 Å². The van der Waals surface area contributed by atoms with Crippen molar-refractivity contribution in [3.63, 3.8) is 0 Å². The Morgan fingerprint density at radius 1 is 1.10 bits per heavy atom. The molecule has 0 aliphatic carbocycles. The number of furan rings is 1. The molecule has 4 aromatic rings. The summed E-state index contributed by atoms with van der Waals surface area (Å²) in [5.74, 6) is 0.984. The fourth-order valence-electron chi connectivity index (χ4n) is 3.68. The molecule has 3 heterocycles. The van der Waals surface area contributed by atoms with Gasteiger partial charge in [-0.2, -0.15) is 0 Å². The minimum absolute atomic E-state index is 0.340. The van der Waals surface area contributed by atoms with Gasteiger partial charge in [-0.15, -0.1) is 0 Å². The van der Waals surface area contributed by atoms with Crippen LogP contribution in [0.4, 0.5) is 0 Å². The zero-order chi connectivity index (χ0) is 20.7. The van der Waals surface area contributed by atoms with Gasteiger partial charge in [-0.1, -0.05) is 12.1 Å². The molecule has 7 nitrogen and oxygen atoms in total. The fourth-order valence-corrected chi connectivity index (χ4v) is 3.68. The van der Waals surface area contributed by atoms with E-state index in [4.69, 9.17) is 23.0 Å². The third-order valence-corrected chi connectivity index (χ3v) is 5.12. The van der Waals surface area contributed by atoms with Gasteiger partial charge in [0.25, 0.3) is 0 Å². The Hall–Kier alpha value is -3.58. The molecule has 2 aromatic carbocycles. The minimum Gasteiger partial charge on any atom is -0.493 e. The van der Waals surface area contributed by atoms with Crippen LogP contribution in [0.25, 0.3) is 33.3 Å². The summed E-state index contributed by atoms with van der Waals surface area (Å²) in [6, 6.07) is 13.6. The number of hydrogen-bond acceptors (Lipinski definition) is 7. The Morgan fingerprint density at radius 3 is 2.80 bits per heavy atom. The molecule has 0 N–H and O–H groups in total. The summed E-state index contributed by atoms with van der Waals surface area (Å²) in [4.78, 5) is 24.4. The van der Waals surface area contributed by atoms with Crippen molar-refractivity contribution in [1.29, 1.82) is 0 Å². The van der Waals surface area contributed by atoms with Crippen LogP contribution in [0.5, 0.6) is 11.5 Å². The molecule has 2 aromatic heterocycles. The van der Waals surface area contributed by atoms with Crippen molar-refractivity contribution in [3.8, 4) is 22.8 Å². The van der Waals surface area contributed by atoms with E-state index < -0.39 is 17.7 Å². The van der Waals surface area contributed by atoms with Crippen molar-refractivity contribution in [1.82, 2.24) is 0 Å². The van der Waals surface area contributed by atoms with Gasteiger partial charge in [0.15, 0.2) is 17.4 Å². The standard InChI is InChI=1S/C23H18O7/c1-26-18-5-2-4-13-10-20(30-22(13)18)16-12-21(24)29-17-8-7-14(11-15(16)17)28-23(25)19-6-3-9-27-19/h2,4-5,7-8,10-12,19H,3,6,9H2,1H3. The van der Waals surface area contributed by atoms with Crippen LogP contribution in [0.1, 0.15) is 12.8 Å². The molecule has 1 fully saturated rings. The highest BCUT2D eigenvalue weighted by Crippen LogP contribution is 2.36. The maximum atomic E-state index is 12.3. The van der Waals surface area contributed by atoms with Crippen molar-refractivity contribution in [3.05, 3.63) is 59.0 Å². The summed E-state index contributed by atoms with van der Waals surface area (Å²) >= 11 is 0. The first-order valence-electron chi connectivity index (χ1n) is 9.60. The molecular weight excluding hydrogens is 388 g/mol. The quantitative estimate of drug-likeness (QED) is 0.284. The number of ether oxygens (including phenoxy) is 3. The topological polar surface area (TPSA) is 88.1 Å². The Balaban J connectivity index is 1.60. The number of hydrogen-bond donors (Lipinski definition) is 0. The summed E-state index contributed by atoms with van der Waals surface area (Å²) in [6.45, 7) is 0.558. The van der Waals surface area contributed by atoms with Gasteiger partial charge < -0.3 is 23.0 Å². The third kappa shape index (κ3) is 3.23. The van der Waals surface area contributed by atoms with Gasteiger partial charge in [0.05, 0.1) is 7.11 Å². The lowest BCUT2D eigenvalue weighted by molar-refractivity contribution is -0.144. The van der Waals surface area contributed by atoms with Gasteiger partial charge in [0.1, 0.15) is 17.1 Å². The molecule has 5 rings (SSSR count). The molecule has 1 atom stereocenters. The number of esters is 1. The van der Waals surface area contributed by atoms with E-state index in [1.54, 1.807) is 31.4 Å². The molecule has 1 unspecified atom stereocenters. The lowest BCUT2D eigenvalue weighted by Gasteiger charge is -2.10. The van der Waals surface area contributed by atoms with Crippen LogP contribution in [0.3, 0.4) is 0 Å². The van der Waals surface area contributed by atoms with Gasteiger partial charge in [-0.05, 0) is 43.2 Å². The molecule has 0 radical (unpaired) electrons. The number of carbonyl (C=O) groups is 1. The molecule has 1 saturated heterocycles. The van der Waals surface area contributed by atoms with Crippen LogP contribution in [-0.2, 0) is 9.53 Å². The molecule has 152 valence electrons. The van der Waals surface area contributed by atoms with Crippen LogP contribution < -0.4 is 15.1 Å². The van der Waals surface area contributed by atoms with Gasteiger partial charge in [-0.3, -0.25) is 0 Å². The van der Waals surface area contributed by atoms with Crippen LogP contribution in [-0.4, -0.2) is 25.8 Å². The monoisotopic (exact) mass is 406 g/mol. The van der Waals surface area contributed by atoms with E-state index in [2.05, 4.69) is 0 Å². The van der Waals surface area contributed by atoms with Gasteiger partial charge in [0, 0.05) is 29.0 Å². The Bertz CT molecular complexity index is 1310. The molecule has 1 aliphatic heterocycles. The van der Waals surface area contributed by atoms with Crippen LogP contribution >= 0.6 is 0 Å². The van der Waals surface area contributed by atoms with Crippen molar-refractivity contribution in [2.75, 3.05) is 13.7 Å². The number of rotatable bonds is 4. The van der Waals surface area contributed by atoms with E-state index in [-0.39, 0.29) is 0 Å². The molecule has 0 saturated carbocycles. The molecule has 0 amide bonds. The molecule has 1 aliphatic rings. The van der Waals surface area contributed by atoms with Crippen LogP contribution in [0.15, 0.2) is 62.2 Å². The van der Waals surface area contributed by atoms with E-state index in [0.717, 1.165) is 11.8 Å². The van der Waals surface area contributed by atoms with Gasteiger partial charge in [0.2, 0.25) is 0 Å². The zero-order valence-corrected chi connectivity index (χ0v) is 16.2. The number of benzene rings is 2. The first-order chi connectivity index (χ1) is 14.6. The Kier molecular flexibility index (Phi) is 4.52. The summed E-state index contributed by atoms with van der Waals surface area (Å²) < 4.78 is 27.5. The summed E-state index contributed by atoms with van der Waals surface area (Å²) in [6.07, 6.45) is 0.937. The molecule has 0 spiro atoms. The van der Waals surface area contributed by atoms with E-state index in [0.29, 0.717) is 52.4 Å².